The summed E-state index contributed by atoms with van der Waals surface area (Å²) in [5.74, 6) is -0.00338. The van der Waals surface area contributed by atoms with Gasteiger partial charge in [0.1, 0.15) is 0 Å². The Morgan fingerprint density at radius 2 is 2.32 bits per heavy atom. The molecule has 0 unspecified atom stereocenters. The van der Waals surface area contributed by atoms with E-state index in [2.05, 4.69) is 14.9 Å². The number of amides is 1. The van der Waals surface area contributed by atoms with Crippen molar-refractivity contribution in [3.8, 4) is 0 Å². The van der Waals surface area contributed by atoms with Gasteiger partial charge in [-0.15, -0.1) is 0 Å². The normalized spacial score (nSPS) is 24.2. The van der Waals surface area contributed by atoms with Crippen LogP contribution in [-0.2, 0) is 16.1 Å². The zero-order chi connectivity index (χ0) is 13.9. The Morgan fingerprint density at radius 3 is 2.95 bits per heavy atom. The molecule has 1 aromatic rings. The minimum atomic E-state index is -0.774. The smallest absolute Gasteiger partial charge is 0.255 e. The van der Waals surface area contributed by atoms with Crippen molar-refractivity contribution in [3.63, 3.8) is 0 Å². The minimum Gasteiger partial charge on any atom is -0.363 e. The van der Waals surface area contributed by atoms with Gasteiger partial charge in [0.15, 0.2) is 5.60 Å². The highest BCUT2D eigenvalue weighted by molar-refractivity contribution is 5.84. The summed E-state index contributed by atoms with van der Waals surface area (Å²) in [7, 11) is 3.50. The molecular weight excluding hydrogens is 244 g/mol. The fourth-order valence-corrected chi connectivity index (χ4v) is 2.33. The number of nitrogens with zero attached hydrogens (tertiary/aromatic N) is 4. The fraction of sp³-hybridized carbons (Fsp3) is 0.615. The summed E-state index contributed by atoms with van der Waals surface area (Å²) in [5.41, 5.74) is 0.133. The van der Waals surface area contributed by atoms with Crippen LogP contribution in [0.5, 0.6) is 0 Å². The van der Waals surface area contributed by atoms with Gasteiger partial charge >= 0.3 is 0 Å². The van der Waals surface area contributed by atoms with E-state index in [1.54, 1.807) is 37.6 Å². The van der Waals surface area contributed by atoms with Crippen LogP contribution in [0, 0.1) is 0 Å². The van der Waals surface area contributed by atoms with Crippen LogP contribution in [0.2, 0.25) is 0 Å². The Labute approximate surface area is 113 Å². The minimum absolute atomic E-state index is 0.00338. The van der Waals surface area contributed by atoms with Crippen LogP contribution in [0.1, 0.15) is 12.6 Å². The summed E-state index contributed by atoms with van der Waals surface area (Å²) in [5, 5.41) is 0. The molecule has 1 atom stereocenters. The van der Waals surface area contributed by atoms with Gasteiger partial charge < -0.3 is 9.64 Å². The lowest BCUT2D eigenvalue weighted by Crippen LogP contribution is -2.57. The van der Waals surface area contributed by atoms with Crippen LogP contribution in [0.25, 0.3) is 0 Å². The number of hydrogen-bond donors (Lipinski definition) is 0. The lowest BCUT2D eigenvalue weighted by Gasteiger charge is -2.40. The summed E-state index contributed by atoms with van der Waals surface area (Å²) >= 11 is 0. The number of ether oxygens (including phenoxy) is 1. The second-order valence-electron chi connectivity index (χ2n) is 5.19. The summed E-state index contributed by atoms with van der Waals surface area (Å²) in [6.45, 7) is 4.45. The van der Waals surface area contributed by atoms with Gasteiger partial charge in [0.05, 0.1) is 12.3 Å². The predicted octanol–water partition coefficient (Wildman–Crippen LogP) is 0.156. The van der Waals surface area contributed by atoms with E-state index in [4.69, 9.17) is 4.74 Å². The maximum Gasteiger partial charge on any atom is 0.255 e. The first-order valence-corrected chi connectivity index (χ1v) is 6.34. The average molecular weight is 264 g/mol. The Morgan fingerprint density at radius 1 is 1.53 bits per heavy atom. The summed E-state index contributed by atoms with van der Waals surface area (Å²) in [6.07, 6.45) is 5.09. The highest BCUT2D eigenvalue weighted by atomic mass is 16.5. The number of aromatic nitrogens is 2. The highest BCUT2D eigenvalue weighted by Crippen LogP contribution is 2.20. The van der Waals surface area contributed by atoms with E-state index in [0.717, 1.165) is 12.2 Å². The van der Waals surface area contributed by atoms with Gasteiger partial charge in [0.25, 0.3) is 5.91 Å². The van der Waals surface area contributed by atoms with Gasteiger partial charge in [-0.25, -0.2) is 0 Å². The Hall–Kier alpha value is -1.53. The highest BCUT2D eigenvalue weighted by Gasteiger charge is 2.40. The Bertz CT molecular complexity index is 438. The van der Waals surface area contributed by atoms with Crippen molar-refractivity contribution in [3.05, 3.63) is 24.3 Å². The molecule has 19 heavy (non-hydrogen) atoms. The molecule has 0 N–H and O–H groups in total. The molecule has 0 bridgehead atoms. The van der Waals surface area contributed by atoms with Gasteiger partial charge in [-0.2, -0.15) is 0 Å². The third-order valence-corrected chi connectivity index (χ3v) is 3.21. The molecule has 6 nitrogen and oxygen atoms in total. The molecule has 1 fully saturated rings. The SMILES string of the molecule is CN(C)C(=O)[C@]1(C)CN(Cc2cnccn2)CCO1. The van der Waals surface area contributed by atoms with Crippen molar-refractivity contribution >= 4 is 5.91 Å². The molecule has 0 radical (unpaired) electrons. The zero-order valence-corrected chi connectivity index (χ0v) is 11.7. The molecule has 0 spiro atoms. The standard InChI is InChI=1S/C13H20N4O2/c1-13(12(18)16(2)3)10-17(6-7-19-13)9-11-8-14-4-5-15-11/h4-5,8H,6-7,9-10H2,1-3H3/t13-/m0/s1. The third-order valence-electron chi connectivity index (χ3n) is 3.21. The largest absolute Gasteiger partial charge is 0.363 e. The monoisotopic (exact) mass is 264 g/mol. The molecule has 0 aliphatic carbocycles. The van der Waals surface area contributed by atoms with Gasteiger partial charge in [-0.1, -0.05) is 0 Å². The number of rotatable bonds is 3. The summed E-state index contributed by atoms with van der Waals surface area (Å²) in [6, 6.07) is 0. The molecule has 2 heterocycles. The lowest BCUT2D eigenvalue weighted by atomic mass is 10.0. The van der Waals surface area contributed by atoms with Crippen molar-refractivity contribution < 1.29 is 9.53 Å². The Kier molecular flexibility index (Phi) is 4.11. The van der Waals surface area contributed by atoms with Gasteiger partial charge in [0, 0.05) is 52.3 Å². The second-order valence-corrected chi connectivity index (χ2v) is 5.19. The van der Waals surface area contributed by atoms with E-state index in [-0.39, 0.29) is 5.91 Å². The Balaban J connectivity index is 2.03. The molecule has 1 amide bonds. The molecule has 1 aromatic heterocycles. The van der Waals surface area contributed by atoms with Crippen molar-refractivity contribution in [2.75, 3.05) is 33.8 Å². The predicted molar refractivity (Wildman–Crippen MR) is 70.4 cm³/mol. The van der Waals surface area contributed by atoms with E-state index in [1.807, 2.05) is 6.92 Å². The molecule has 2 rings (SSSR count). The molecule has 0 aromatic carbocycles. The number of carbonyl (C=O) groups excluding carboxylic acids is 1. The first-order chi connectivity index (χ1) is 9.01. The molecule has 0 saturated carbocycles. The number of morpholine rings is 1. The molecule has 6 heteroatoms. The third kappa shape index (κ3) is 3.27. The first kappa shape index (κ1) is 13.9. The molecule has 1 aliphatic heterocycles. The van der Waals surface area contributed by atoms with E-state index in [1.165, 1.54) is 0 Å². The van der Waals surface area contributed by atoms with Gasteiger partial charge in [0.2, 0.25) is 0 Å². The molecule has 1 saturated heterocycles. The second kappa shape index (κ2) is 5.63. The van der Waals surface area contributed by atoms with E-state index in [9.17, 15) is 4.79 Å². The maximum atomic E-state index is 12.2. The maximum absolute atomic E-state index is 12.2. The molecular formula is C13H20N4O2. The van der Waals surface area contributed by atoms with Crippen LogP contribution in [0.3, 0.4) is 0 Å². The van der Waals surface area contributed by atoms with E-state index in [0.29, 0.717) is 19.7 Å². The lowest BCUT2D eigenvalue weighted by molar-refractivity contribution is -0.165. The van der Waals surface area contributed by atoms with Crippen molar-refractivity contribution in [1.29, 1.82) is 0 Å². The quantitative estimate of drug-likeness (QED) is 0.778. The van der Waals surface area contributed by atoms with Gasteiger partial charge in [-0.05, 0) is 6.92 Å². The van der Waals surface area contributed by atoms with Gasteiger partial charge in [-0.3, -0.25) is 19.7 Å². The van der Waals surface area contributed by atoms with Crippen LogP contribution >= 0.6 is 0 Å². The number of likely N-dealkylation sites (N-methyl/N-ethyl adjacent to an activating group) is 1. The average Bonchev–Trinajstić information content (AvgIpc) is 2.39. The summed E-state index contributed by atoms with van der Waals surface area (Å²) in [4.78, 5) is 24.2. The van der Waals surface area contributed by atoms with E-state index >= 15 is 0 Å². The summed E-state index contributed by atoms with van der Waals surface area (Å²) < 4.78 is 5.69. The van der Waals surface area contributed by atoms with Crippen molar-refractivity contribution in [1.82, 2.24) is 19.8 Å². The van der Waals surface area contributed by atoms with Crippen molar-refractivity contribution in [2.45, 2.75) is 19.1 Å². The first-order valence-electron chi connectivity index (χ1n) is 6.34. The number of hydrogen-bond acceptors (Lipinski definition) is 5. The van der Waals surface area contributed by atoms with Crippen molar-refractivity contribution in [2.24, 2.45) is 0 Å². The number of carbonyl (C=O) groups is 1. The van der Waals surface area contributed by atoms with E-state index < -0.39 is 5.60 Å². The zero-order valence-electron chi connectivity index (χ0n) is 11.7. The fourth-order valence-electron chi connectivity index (χ4n) is 2.33. The molecule has 1 aliphatic rings. The topological polar surface area (TPSA) is 58.6 Å². The van der Waals surface area contributed by atoms with Crippen LogP contribution < -0.4 is 0 Å². The van der Waals surface area contributed by atoms with Crippen LogP contribution in [0.4, 0.5) is 0 Å². The van der Waals surface area contributed by atoms with Crippen LogP contribution in [-0.4, -0.2) is 65.1 Å². The van der Waals surface area contributed by atoms with Crippen LogP contribution in [0.15, 0.2) is 18.6 Å². The molecule has 104 valence electrons.